The molecule has 0 radical (unpaired) electrons. The van der Waals surface area contributed by atoms with Crippen molar-refractivity contribution in [2.24, 2.45) is 0 Å². The van der Waals surface area contributed by atoms with E-state index < -0.39 is 0 Å². The number of hydrogen-bond acceptors (Lipinski definition) is 3. The maximum atomic E-state index is 11.7. The van der Waals surface area contributed by atoms with Crippen LogP contribution in [0.25, 0.3) is 22.4 Å². The number of carbonyl (C=O) groups excluding carboxylic acids is 2. The molecule has 1 aromatic heterocycles. The summed E-state index contributed by atoms with van der Waals surface area (Å²) in [6, 6.07) is 15.3. The second kappa shape index (κ2) is 7.14. The van der Waals surface area contributed by atoms with Gasteiger partial charge in [-0.25, -0.2) is 14.6 Å². The molecule has 6 nitrogen and oxygen atoms in total. The van der Waals surface area contributed by atoms with E-state index in [0.29, 0.717) is 5.69 Å². The molecular weight excluding hydrogens is 328 g/mol. The molecule has 0 saturated heterocycles. The van der Waals surface area contributed by atoms with E-state index in [9.17, 15) is 9.59 Å². The Morgan fingerprint density at radius 2 is 1.77 bits per heavy atom. The molecule has 0 unspecified atom stereocenters. The summed E-state index contributed by atoms with van der Waals surface area (Å²) in [6.07, 6.45) is 3.18. The summed E-state index contributed by atoms with van der Waals surface area (Å²) in [4.78, 5) is 27.4. The topological polar surface area (TPSA) is 67.0 Å². The molecule has 2 aromatic carbocycles. The fourth-order valence-electron chi connectivity index (χ4n) is 2.59. The van der Waals surface area contributed by atoms with Gasteiger partial charge in [0.2, 0.25) is 5.69 Å². The molecule has 0 saturated carbocycles. The Hall–Kier alpha value is -3.54. The molecule has 130 valence electrons. The van der Waals surface area contributed by atoms with E-state index in [0.717, 1.165) is 22.4 Å². The first-order chi connectivity index (χ1) is 12.5. The minimum Gasteiger partial charge on any atom is -0.340 e. The summed E-state index contributed by atoms with van der Waals surface area (Å²) in [6.45, 7) is 5.20. The first-order valence-electron chi connectivity index (χ1n) is 8.07. The van der Waals surface area contributed by atoms with Gasteiger partial charge >= 0.3 is 11.9 Å². The van der Waals surface area contributed by atoms with Gasteiger partial charge in [0.1, 0.15) is 13.0 Å². The average Bonchev–Trinajstić information content (AvgIpc) is 3.17. The van der Waals surface area contributed by atoms with Crippen LogP contribution in [0.2, 0.25) is 0 Å². The number of benzene rings is 2. The summed E-state index contributed by atoms with van der Waals surface area (Å²) >= 11 is 0. The van der Waals surface area contributed by atoms with Crippen LogP contribution in [0.1, 0.15) is 6.92 Å². The summed E-state index contributed by atoms with van der Waals surface area (Å²) in [7, 11) is 1.57. The molecule has 2 amide bonds. The van der Waals surface area contributed by atoms with Crippen molar-refractivity contribution in [3.63, 3.8) is 0 Å². The molecule has 1 heterocycles. The smallest absolute Gasteiger partial charge is 0.340 e. The monoisotopic (exact) mass is 347 g/mol. The van der Waals surface area contributed by atoms with E-state index in [1.165, 1.54) is 22.4 Å². The standard InChI is InChI=1S/C20H18N4O2/c1-14(25)23(3)18-9-7-15(8-10-18)16-5-4-6-17(11-16)19-12-24(13-22-19)20(26)21-2/h4-13H,3H2,1-2H3/p+1. The van der Waals surface area contributed by atoms with E-state index in [1.54, 1.807) is 13.2 Å². The lowest BCUT2D eigenvalue weighted by atomic mass is 10.0. The average molecular weight is 347 g/mol. The Morgan fingerprint density at radius 3 is 2.42 bits per heavy atom. The number of aromatic nitrogens is 2. The van der Waals surface area contributed by atoms with Crippen LogP contribution in [0, 0.1) is 0 Å². The molecule has 3 aromatic rings. The van der Waals surface area contributed by atoms with Gasteiger partial charge in [-0.05, 0) is 29.3 Å². The van der Waals surface area contributed by atoms with Gasteiger partial charge < -0.3 is 5.32 Å². The minimum absolute atomic E-state index is 0.119. The van der Waals surface area contributed by atoms with Gasteiger partial charge in [-0.2, -0.15) is 0 Å². The Labute approximate surface area is 151 Å². The largest absolute Gasteiger partial charge is 0.389 e. The van der Waals surface area contributed by atoms with Crippen molar-refractivity contribution < 1.29 is 14.2 Å². The number of nitrogens with one attached hydrogen (secondary N) is 1. The van der Waals surface area contributed by atoms with Gasteiger partial charge in [-0.3, -0.25) is 4.57 Å². The molecule has 0 fully saturated rings. The van der Waals surface area contributed by atoms with Crippen LogP contribution in [-0.2, 0) is 4.79 Å². The lowest BCUT2D eigenvalue weighted by Crippen LogP contribution is -2.22. The van der Waals surface area contributed by atoms with E-state index in [1.807, 2.05) is 48.5 Å². The summed E-state index contributed by atoms with van der Waals surface area (Å²) in [5.74, 6) is -0.119. The van der Waals surface area contributed by atoms with E-state index >= 15 is 0 Å². The van der Waals surface area contributed by atoms with Crippen LogP contribution < -0.4 is 5.32 Å². The van der Waals surface area contributed by atoms with Crippen molar-refractivity contribution in [1.29, 1.82) is 0 Å². The van der Waals surface area contributed by atoms with Gasteiger partial charge in [0, 0.05) is 30.9 Å². The molecule has 26 heavy (non-hydrogen) atoms. The molecule has 3 rings (SSSR count). The predicted octanol–water partition coefficient (Wildman–Crippen LogP) is 3.30. The first-order valence-corrected chi connectivity index (χ1v) is 8.07. The normalized spacial score (nSPS) is 10.4. The van der Waals surface area contributed by atoms with Crippen molar-refractivity contribution in [3.8, 4) is 22.4 Å². The third kappa shape index (κ3) is 3.44. The maximum Gasteiger partial charge on any atom is 0.389 e. The van der Waals surface area contributed by atoms with E-state index in [-0.39, 0.29) is 11.9 Å². The number of rotatable bonds is 3. The lowest BCUT2D eigenvalue weighted by Gasteiger charge is -2.05. The molecule has 0 spiro atoms. The number of amides is 2. The van der Waals surface area contributed by atoms with Gasteiger partial charge in [0.15, 0.2) is 0 Å². The van der Waals surface area contributed by atoms with Crippen LogP contribution >= 0.6 is 0 Å². The Bertz CT molecular complexity index is 987. The van der Waals surface area contributed by atoms with Crippen LogP contribution in [0.3, 0.4) is 0 Å². The molecule has 1 N–H and O–H groups in total. The fourth-order valence-corrected chi connectivity index (χ4v) is 2.59. The van der Waals surface area contributed by atoms with E-state index in [2.05, 4.69) is 17.0 Å². The maximum absolute atomic E-state index is 11.7. The highest BCUT2D eigenvalue weighted by molar-refractivity contribution is 5.78. The zero-order chi connectivity index (χ0) is 18.7. The van der Waals surface area contributed by atoms with Gasteiger partial charge in [-0.1, -0.05) is 18.2 Å². The third-order valence-electron chi connectivity index (χ3n) is 4.08. The molecule has 6 heteroatoms. The Morgan fingerprint density at radius 1 is 1.08 bits per heavy atom. The highest BCUT2D eigenvalue weighted by Gasteiger charge is 2.12. The molecule has 0 aliphatic rings. The molecule has 0 bridgehead atoms. The minimum atomic E-state index is -0.237. The van der Waals surface area contributed by atoms with Crippen LogP contribution in [0.15, 0.2) is 61.1 Å². The quantitative estimate of drug-likeness (QED) is 0.584. The molecule has 0 aliphatic heterocycles. The van der Waals surface area contributed by atoms with Crippen molar-refractivity contribution in [1.82, 2.24) is 14.9 Å². The first kappa shape index (κ1) is 17.3. The zero-order valence-corrected chi connectivity index (χ0v) is 14.6. The van der Waals surface area contributed by atoms with Crippen LogP contribution in [0.4, 0.5) is 10.5 Å². The Kier molecular flexibility index (Phi) is 4.75. The highest BCUT2D eigenvalue weighted by Crippen LogP contribution is 2.27. The second-order valence-corrected chi connectivity index (χ2v) is 5.80. The zero-order valence-electron chi connectivity index (χ0n) is 14.6. The number of nitrogens with zero attached hydrogens (tertiary/aromatic N) is 3. The SMILES string of the molecule is C=[N+](C(C)=O)c1ccc(-c2cccc(-c3cn(C(=O)NC)cn3)c2)cc1. The summed E-state index contributed by atoms with van der Waals surface area (Å²) < 4.78 is 2.76. The molecule has 0 atom stereocenters. The molecular formula is C20H19N4O2+. The van der Waals surface area contributed by atoms with Crippen molar-refractivity contribution >= 4 is 24.3 Å². The number of carbonyl (C=O) groups is 2. The van der Waals surface area contributed by atoms with Crippen LogP contribution in [-0.4, -0.2) is 39.8 Å². The van der Waals surface area contributed by atoms with Gasteiger partial charge in [0.25, 0.3) is 0 Å². The van der Waals surface area contributed by atoms with Crippen molar-refractivity contribution in [2.75, 3.05) is 7.05 Å². The number of imidazole rings is 1. The van der Waals surface area contributed by atoms with Gasteiger partial charge in [-0.15, -0.1) is 4.58 Å². The Balaban J connectivity index is 1.90. The lowest BCUT2D eigenvalue weighted by molar-refractivity contribution is -0.356. The van der Waals surface area contributed by atoms with Crippen LogP contribution in [0.5, 0.6) is 0 Å². The number of hydrogen-bond donors (Lipinski definition) is 1. The second-order valence-electron chi connectivity index (χ2n) is 5.80. The van der Waals surface area contributed by atoms with Crippen molar-refractivity contribution in [2.45, 2.75) is 6.92 Å². The molecule has 0 aliphatic carbocycles. The predicted molar refractivity (Wildman–Crippen MR) is 101 cm³/mol. The summed E-state index contributed by atoms with van der Waals surface area (Å²) in [5, 5.41) is 2.56. The van der Waals surface area contributed by atoms with E-state index in [4.69, 9.17) is 0 Å². The third-order valence-corrected chi connectivity index (χ3v) is 4.08. The highest BCUT2D eigenvalue weighted by atomic mass is 16.2. The van der Waals surface area contributed by atoms with Gasteiger partial charge in [0.05, 0.1) is 12.6 Å². The fraction of sp³-hybridized carbons (Fsp3) is 0.100. The summed E-state index contributed by atoms with van der Waals surface area (Å²) in [5.41, 5.74) is 4.39. The van der Waals surface area contributed by atoms with Crippen molar-refractivity contribution in [3.05, 3.63) is 61.1 Å².